The topological polar surface area (TPSA) is 36.2 Å². The van der Waals surface area contributed by atoms with E-state index >= 15 is 0 Å². The van der Waals surface area contributed by atoms with Gasteiger partial charge in [-0.15, -0.1) is 0 Å². The van der Waals surface area contributed by atoms with Crippen LogP contribution >= 0.6 is 0 Å². The second-order valence-electron chi connectivity index (χ2n) is 1.52. The molecule has 0 aliphatic heterocycles. The summed E-state index contributed by atoms with van der Waals surface area (Å²) in [6.07, 6.45) is 3.41. The second-order valence-corrected chi connectivity index (χ2v) is 1.52. The number of aliphatic imine (C=N–C) groups is 1. The highest BCUT2D eigenvalue weighted by Gasteiger charge is 1.80. The van der Waals surface area contributed by atoms with Gasteiger partial charge in [-0.1, -0.05) is 13.8 Å². The van der Waals surface area contributed by atoms with E-state index in [0.717, 1.165) is 12.8 Å². The van der Waals surface area contributed by atoms with Crippen molar-refractivity contribution in [3.05, 3.63) is 0 Å². The molecule has 0 bridgehead atoms. The van der Waals surface area contributed by atoms with Crippen molar-refractivity contribution in [1.82, 2.24) is 0 Å². The Morgan fingerprint density at radius 1 is 1.62 bits per heavy atom. The zero-order valence-corrected chi connectivity index (χ0v) is 5.44. The van der Waals surface area contributed by atoms with Crippen LogP contribution in [0.2, 0.25) is 0 Å². The van der Waals surface area contributed by atoms with Gasteiger partial charge in [-0.3, -0.25) is 5.41 Å². The molecule has 0 radical (unpaired) electrons. The molecule has 0 aromatic rings. The zero-order valence-electron chi connectivity index (χ0n) is 5.44. The smallest absolute Gasteiger partial charge is 0.119 e. The molecular weight excluding hydrogens is 100 g/mol. The summed E-state index contributed by atoms with van der Waals surface area (Å²) in [6, 6.07) is 0. The Kier molecular flexibility index (Phi) is 4.13. The predicted octanol–water partition coefficient (Wildman–Crippen LogP) is 1.85. The summed E-state index contributed by atoms with van der Waals surface area (Å²) in [5.74, 6) is 0.465. The van der Waals surface area contributed by atoms with Crippen molar-refractivity contribution in [2.75, 3.05) is 0 Å². The maximum Gasteiger partial charge on any atom is 0.119 e. The van der Waals surface area contributed by atoms with Gasteiger partial charge in [-0.25, -0.2) is 4.99 Å². The summed E-state index contributed by atoms with van der Waals surface area (Å²) in [5, 5.41) is 7.04. The molecule has 0 aromatic heterocycles. The summed E-state index contributed by atoms with van der Waals surface area (Å²) in [4.78, 5) is 3.82. The van der Waals surface area contributed by atoms with Gasteiger partial charge < -0.3 is 0 Å². The molecule has 0 fully saturated rings. The lowest BCUT2D eigenvalue weighted by atomic mass is 10.4. The molecule has 0 spiro atoms. The third-order valence-electron chi connectivity index (χ3n) is 0.765. The third-order valence-corrected chi connectivity index (χ3v) is 0.765. The Morgan fingerprint density at radius 3 is 2.62 bits per heavy atom. The van der Waals surface area contributed by atoms with Crippen LogP contribution in [0.4, 0.5) is 0 Å². The molecule has 0 saturated heterocycles. The molecule has 0 saturated carbocycles. The average molecular weight is 112 g/mol. The summed E-state index contributed by atoms with van der Waals surface area (Å²) in [5.41, 5.74) is 0. The van der Waals surface area contributed by atoms with Crippen molar-refractivity contribution in [2.45, 2.75) is 26.7 Å². The van der Waals surface area contributed by atoms with Crippen molar-refractivity contribution in [3.8, 4) is 0 Å². The fraction of sp³-hybridized carbons (Fsp3) is 0.667. The quantitative estimate of drug-likeness (QED) is 0.418. The molecule has 8 heavy (non-hydrogen) atoms. The van der Waals surface area contributed by atoms with Crippen LogP contribution in [-0.2, 0) is 0 Å². The third kappa shape index (κ3) is 3.53. The molecule has 0 aliphatic carbocycles. The highest BCUT2D eigenvalue weighted by atomic mass is 14.8. The normalized spacial score (nSPS) is 10.2. The first-order valence-corrected chi connectivity index (χ1v) is 2.91. The highest BCUT2D eigenvalue weighted by Crippen LogP contribution is 1.81. The van der Waals surface area contributed by atoms with E-state index in [9.17, 15) is 0 Å². The SMILES string of the molecule is CCC=NC(=N)CC. The van der Waals surface area contributed by atoms with Crippen molar-refractivity contribution >= 4 is 12.1 Å². The van der Waals surface area contributed by atoms with Crippen molar-refractivity contribution in [2.24, 2.45) is 4.99 Å². The van der Waals surface area contributed by atoms with Gasteiger partial charge in [0.1, 0.15) is 5.84 Å². The van der Waals surface area contributed by atoms with Crippen LogP contribution in [0.5, 0.6) is 0 Å². The number of hydrogen-bond donors (Lipinski definition) is 1. The molecule has 2 heteroatoms. The Labute approximate surface area is 50.1 Å². The Hall–Kier alpha value is -0.660. The fourth-order valence-corrected chi connectivity index (χ4v) is 0.293. The first-order chi connectivity index (χ1) is 3.81. The van der Waals surface area contributed by atoms with Gasteiger partial charge >= 0.3 is 0 Å². The Bertz CT molecular complexity index is 94.7. The van der Waals surface area contributed by atoms with Crippen LogP contribution in [0.15, 0.2) is 4.99 Å². The van der Waals surface area contributed by atoms with Crippen molar-refractivity contribution in [1.29, 1.82) is 5.41 Å². The summed E-state index contributed by atoms with van der Waals surface area (Å²) in [7, 11) is 0. The molecule has 0 atom stereocenters. The molecular formula is C6H12N2. The number of nitrogens with one attached hydrogen (secondary N) is 1. The number of nitrogens with zero attached hydrogens (tertiary/aromatic N) is 1. The Balaban J connectivity index is 3.37. The Morgan fingerprint density at radius 2 is 2.25 bits per heavy atom. The van der Waals surface area contributed by atoms with Gasteiger partial charge in [0.05, 0.1) is 0 Å². The average Bonchev–Trinajstić information content (AvgIpc) is 1.83. The number of hydrogen-bond acceptors (Lipinski definition) is 1. The van der Waals surface area contributed by atoms with Gasteiger partial charge in [-0.2, -0.15) is 0 Å². The zero-order chi connectivity index (χ0) is 6.41. The minimum absolute atomic E-state index is 0.465. The summed E-state index contributed by atoms with van der Waals surface area (Å²) in [6.45, 7) is 3.93. The summed E-state index contributed by atoms with van der Waals surface area (Å²) >= 11 is 0. The van der Waals surface area contributed by atoms with E-state index in [1.807, 2.05) is 13.8 Å². The molecule has 46 valence electrons. The molecule has 0 unspecified atom stereocenters. The minimum Gasteiger partial charge on any atom is -0.287 e. The first-order valence-electron chi connectivity index (χ1n) is 2.91. The van der Waals surface area contributed by atoms with Gasteiger partial charge in [0.2, 0.25) is 0 Å². The lowest BCUT2D eigenvalue weighted by Gasteiger charge is -1.85. The summed E-state index contributed by atoms with van der Waals surface area (Å²) < 4.78 is 0. The van der Waals surface area contributed by atoms with E-state index in [1.54, 1.807) is 6.21 Å². The minimum atomic E-state index is 0.465. The van der Waals surface area contributed by atoms with Crippen LogP contribution in [0, 0.1) is 5.41 Å². The fourth-order valence-electron chi connectivity index (χ4n) is 0.293. The molecule has 0 aliphatic rings. The van der Waals surface area contributed by atoms with Crippen LogP contribution < -0.4 is 0 Å². The van der Waals surface area contributed by atoms with Crippen LogP contribution in [0.25, 0.3) is 0 Å². The first kappa shape index (κ1) is 7.34. The van der Waals surface area contributed by atoms with Crippen molar-refractivity contribution in [3.63, 3.8) is 0 Å². The predicted molar refractivity (Wildman–Crippen MR) is 36.8 cm³/mol. The van der Waals surface area contributed by atoms with E-state index in [4.69, 9.17) is 5.41 Å². The lowest BCUT2D eigenvalue weighted by molar-refractivity contribution is 1.20. The van der Waals surface area contributed by atoms with Gasteiger partial charge in [0.15, 0.2) is 0 Å². The maximum absolute atomic E-state index is 7.04. The lowest BCUT2D eigenvalue weighted by Crippen LogP contribution is -1.86. The largest absolute Gasteiger partial charge is 0.287 e. The number of amidine groups is 1. The molecule has 0 rings (SSSR count). The van der Waals surface area contributed by atoms with E-state index in [2.05, 4.69) is 4.99 Å². The van der Waals surface area contributed by atoms with Crippen LogP contribution in [-0.4, -0.2) is 12.1 Å². The van der Waals surface area contributed by atoms with E-state index in [0.29, 0.717) is 5.84 Å². The monoisotopic (exact) mass is 112 g/mol. The maximum atomic E-state index is 7.04. The molecule has 0 heterocycles. The van der Waals surface area contributed by atoms with Crippen molar-refractivity contribution < 1.29 is 0 Å². The second kappa shape index (κ2) is 4.50. The number of rotatable bonds is 2. The van der Waals surface area contributed by atoms with Crippen LogP contribution in [0.3, 0.4) is 0 Å². The van der Waals surface area contributed by atoms with Gasteiger partial charge in [-0.05, 0) is 6.42 Å². The molecule has 0 amide bonds. The van der Waals surface area contributed by atoms with Crippen LogP contribution in [0.1, 0.15) is 26.7 Å². The van der Waals surface area contributed by atoms with E-state index in [-0.39, 0.29) is 0 Å². The van der Waals surface area contributed by atoms with Gasteiger partial charge in [0, 0.05) is 12.6 Å². The van der Waals surface area contributed by atoms with E-state index in [1.165, 1.54) is 0 Å². The highest BCUT2D eigenvalue weighted by molar-refractivity contribution is 5.86. The van der Waals surface area contributed by atoms with E-state index < -0.39 is 0 Å². The standard InChI is InChI=1S/C6H12N2/c1-3-5-8-6(7)4-2/h5,7H,3-4H2,1-2H3. The molecule has 0 aromatic carbocycles. The molecule has 2 nitrogen and oxygen atoms in total. The van der Waals surface area contributed by atoms with Gasteiger partial charge in [0.25, 0.3) is 0 Å². The molecule has 1 N–H and O–H groups in total.